The van der Waals surface area contributed by atoms with Crippen LogP contribution < -0.4 is 16.0 Å². The molecule has 4 aliphatic heterocycles. The third kappa shape index (κ3) is 11.1. The van der Waals surface area contributed by atoms with Gasteiger partial charge in [-0.05, 0) is 162 Å². The topological polar surface area (TPSA) is 180 Å². The molecule has 3 saturated heterocycles. The molecule has 2 aromatic carbocycles. The van der Waals surface area contributed by atoms with Gasteiger partial charge in [0.1, 0.15) is 29.1 Å². The Kier molecular flexibility index (Phi) is 14.0. The molecule has 72 heavy (non-hydrogen) atoms. The smallest absolute Gasteiger partial charge is 0.413 e. The van der Waals surface area contributed by atoms with Gasteiger partial charge in [-0.25, -0.2) is 14.2 Å². The Morgan fingerprint density at radius 3 is 2.31 bits per heavy atom. The minimum atomic E-state index is -0.598. The van der Waals surface area contributed by atoms with E-state index < -0.39 is 17.7 Å². The van der Waals surface area contributed by atoms with Crippen molar-refractivity contribution >= 4 is 41.4 Å². The summed E-state index contributed by atoms with van der Waals surface area (Å²) < 4.78 is 22.9. The van der Waals surface area contributed by atoms with E-state index in [4.69, 9.17) is 9.72 Å². The number of benzene rings is 2. The standard InChI is InChI=1S/C55H64FN11O5/c1-34-27-47-44(42(15-20-57-47)39-9-13-48(58-30-39)60-54(71)72-55(2,3)4)28-40(34)31-64-21-16-36(17-22-64)35-5-7-38(8-6-35)53(70)66-25-26-67-49(62-63-50(67)33-66)32-65-23-18-37(19-24-65)43-11-10-41(29-45(43)56)59-46-12-14-51(68)61-52(46)69/h5-11,13,15,20,28-30,34,36-37,46,59H,12,14,16-19,21-27,31-33H2,1-4H3,(H,58,60,71)(H,61,68,69). The van der Waals surface area contributed by atoms with Crippen LogP contribution in [0.1, 0.15) is 122 Å². The van der Waals surface area contributed by atoms with E-state index in [2.05, 4.69) is 70.6 Å². The molecule has 16 nitrogen and oxygen atoms in total. The molecule has 0 spiro atoms. The van der Waals surface area contributed by atoms with Crippen molar-refractivity contribution in [2.24, 2.45) is 5.92 Å². The van der Waals surface area contributed by atoms with Crippen LogP contribution >= 0.6 is 0 Å². The highest BCUT2D eigenvalue weighted by molar-refractivity contribution is 6.01. The normalized spacial score (nSPS) is 20.3. The number of ether oxygens (including phenoxy) is 1. The summed E-state index contributed by atoms with van der Waals surface area (Å²) in [4.78, 5) is 65.8. The van der Waals surface area contributed by atoms with Gasteiger partial charge >= 0.3 is 6.09 Å². The summed E-state index contributed by atoms with van der Waals surface area (Å²) in [6.07, 6.45) is 10.7. The van der Waals surface area contributed by atoms with Crippen LogP contribution in [-0.4, -0.2) is 114 Å². The van der Waals surface area contributed by atoms with Crippen molar-refractivity contribution in [1.29, 1.82) is 0 Å². The van der Waals surface area contributed by atoms with Crippen LogP contribution in [0, 0.1) is 11.7 Å². The number of halogens is 1. The van der Waals surface area contributed by atoms with Crippen LogP contribution in [0.4, 0.5) is 20.7 Å². The van der Waals surface area contributed by atoms with Gasteiger partial charge in [0.15, 0.2) is 5.82 Å². The van der Waals surface area contributed by atoms with E-state index in [1.165, 1.54) is 17.2 Å². The number of anilines is 2. The van der Waals surface area contributed by atoms with Crippen LogP contribution in [0.15, 0.2) is 78.6 Å². The van der Waals surface area contributed by atoms with Gasteiger partial charge in [-0.15, -0.1) is 10.2 Å². The largest absolute Gasteiger partial charge is 0.444 e. The lowest BCUT2D eigenvalue weighted by molar-refractivity contribution is -0.133. The van der Waals surface area contributed by atoms with Crippen LogP contribution in [0.2, 0.25) is 0 Å². The highest BCUT2D eigenvalue weighted by atomic mass is 19.1. The molecule has 10 rings (SSSR count). The molecule has 3 N–H and O–H groups in total. The van der Waals surface area contributed by atoms with Crippen molar-refractivity contribution in [3.05, 3.63) is 124 Å². The number of rotatable bonds is 11. The number of imide groups is 1. The minimum absolute atomic E-state index is 0.000417. The number of nitrogens with one attached hydrogen (secondary N) is 3. The number of pyridine rings is 2. The molecule has 0 radical (unpaired) electrons. The van der Waals surface area contributed by atoms with Gasteiger partial charge in [-0.1, -0.05) is 36.8 Å². The highest BCUT2D eigenvalue weighted by Gasteiger charge is 2.31. The predicted octanol–water partition coefficient (Wildman–Crippen LogP) is 7.93. The van der Waals surface area contributed by atoms with E-state index in [1.807, 2.05) is 68.3 Å². The maximum Gasteiger partial charge on any atom is 0.413 e. The Morgan fingerprint density at radius 1 is 0.847 bits per heavy atom. The first-order chi connectivity index (χ1) is 34.7. The molecular weight excluding hydrogens is 914 g/mol. The zero-order valence-corrected chi connectivity index (χ0v) is 41.6. The summed E-state index contributed by atoms with van der Waals surface area (Å²) in [5.74, 6) is 2.04. The third-order valence-corrected chi connectivity index (χ3v) is 15.0. The molecule has 2 atom stereocenters. The lowest BCUT2D eigenvalue weighted by Crippen LogP contribution is -2.47. The summed E-state index contributed by atoms with van der Waals surface area (Å²) in [6, 6.07) is 18.6. The average molecular weight is 978 g/mol. The summed E-state index contributed by atoms with van der Waals surface area (Å²) in [7, 11) is 0. The lowest BCUT2D eigenvalue weighted by atomic mass is 9.83. The van der Waals surface area contributed by atoms with Gasteiger partial charge in [0.2, 0.25) is 11.8 Å². The number of aromatic nitrogens is 5. The zero-order chi connectivity index (χ0) is 50.1. The highest BCUT2D eigenvalue weighted by Crippen LogP contribution is 2.37. The molecule has 0 saturated carbocycles. The van der Waals surface area contributed by atoms with E-state index in [0.29, 0.717) is 67.1 Å². The number of nitrogens with zero attached hydrogens (tertiary/aromatic N) is 8. The summed E-state index contributed by atoms with van der Waals surface area (Å²) in [5.41, 5.74) is 8.23. The Hall–Kier alpha value is -6.85. The van der Waals surface area contributed by atoms with Crippen LogP contribution in [0.25, 0.3) is 17.2 Å². The number of piperidine rings is 3. The molecule has 376 valence electrons. The second-order valence-electron chi connectivity index (χ2n) is 21.1. The molecule has 3 aromatic heterocycles. The summed E-state index contributed by atoms with van der Waals surface area (Å²) >= 11 is 0. The summed E-state index contributed by atoms with van der Waals surface area (Å²) in [6.45, 7) is 14.5. The van der Waals surface area contributed by atoms with E-state index in [-0.39, 0.29) is 35.9 Å². The SMILES string of the molecule is CC1Cc2nccc(-c3ccc(NC(=O)OC(C)(C)C)nc3)c2C=C1CN1CCC(c2ccc(C(=O)N3CCn4c(CN5CCC(c6ccc(NC7CCC(=O)NC7=O)cc6F)CC5)nnc4C3)cc2)CC1. The molecule has 1 aliphatic carbocycles. The maximum absolute atomic E-state index is 15.4. The molecule has 5 aromatic rings. The zero-order valence-electron chi connectivity index (χ0n) is 41.6. The third-order valence-electron chi connectivity index (χ3n) is 15.0. The number of carbonyl (C=O) groups excluding carboxylic acids is 4. The van der Waals surface area contributed by atoms with Crippen molar-refractivity contribution in [3.63, 3.8) is 0 Å². The van der Waals surface area contributed by atoms with E-state index in [9.17, 15) is 19.2 Å². The first-order valence-electron chi connectivity index (χ1n) is 25.5. The second kappa shape index (κ2) is 20.7. The monoisotopic (exact) mass is 978 g/mol. The number of carbonyl (C=O) groups is 4. The second-order valence-corrected chi connectivity index (χ2v) is 21.1. The molecule has 2 unspecified atom stereocenters. The van der Waals surface area contributed by atoms with Gasteiger partial charge in [-0.3, -0.25) is 39.8 Å². The Balaban J connectivity index is 0.684. The summed E-state index contributed by atoms with van der Waals surface area (Å²) in [5, 5.41) is 17.2. The fraction of sp³-hybridized carbons (Fsp3) is 0.455. The Bertz CT molecular complexity index is 2860. The van der Waals surface area contributed by atoms with Crippen molar-refractivity contribution < 1.29 is 28.3 Å². The van der Waals surface area contributed by atoms with Crippen LogP contribution in [0.5, 0.6) is 0 Å². The molecule has 5 aliphatic rings. The van der Waals surface area contributed by atoms with Crippen molar-refractivity contribution in [3.8, 4) is 11.1 Å². The van der Waals surface area contributed by atoms with Crippen LogP contribution in [-0.2, 0) is 40.4 Å². The Labute approximate surface area is 419 Å². The van der Waals surface area contributed by atoms with Gasteiger partial charge in [0, 0.05) is 66.5 Å². The van der Waals surface area contributed by atoms with E-state index >= 15 is 4.39 Å². The number of fused-ring (bicyclic) bond motifs is 2. The van der Waals surface area contributed by atoms with Gasteiger partial charge in [-0.2, -0.15) is 0 Å². The van der Waals surface area contributed by atoms with Crippen molar-refractivity contribution in [2.75, 3.05) is 49.9 Å². The van der Waals surface area contributed by atoms with Gasteiger partial charge < -0.3 is 19.5 Å². The quantitative estimate of drug-likeness (QED) is 0.109. The lowest BCUT2D eigenvalue weighted by Gasteiger charge is -2.35. The fourth-order valence-corrected chi connectivity index (χ4v) is 10.9. The predicted molar refractivity (Wildman–Crippen MR) is 271 cm³/mol. The number of likely N-dealkylation sites (tertiary alicyclic amines) is 2. The van der Waals surface area contributed by atoms with Crippen molar-refractivity contribution in [1.82, 2.24) is 44.7 Å². The number of amides is 4. The number of hydrogen-bond donors (Lipinski definition) is 3. The fourth-order valence-electron chi connectivity index (χ4n) is 10.9. The minimum Gasteiger partial charge on any atom is -0.444 e. The first-order valence-corrected chi connectivity index (χ1v) is 25.5. The average Bonchev–Trinajstić information content (AvgIpc) is 3.76. The van der Waals surface area contributed by atoms with Crippen molar-refractivity contribution in [2.45, 2.75) is 116 Å². The van der Waals surface area contributed by atoms with Gasteiger partial charge in [0.25, 0.3) is 5.91 Å². The first kappa shape index (κ1) is 48.8. The molecule has 3 fully saturated rings. The molecule has 4 amide bonds. The maximum atomic E-state index is 15.4. The van der Waals surface area contributed by atoms with E-state index in [0.717, 1.165) is 98.9 Å². The molecule has 0 bridgehead atoms. The number of hydrogen-bond acceptors (Lipinski definition) is 12. The van der Waals surface area contributed by atoms with E-state index in [1.54, 1.807) is 12.3 Å². The molecular formula is C55H64FN11O5. The molecule has 7 heterocycles. The van der Waals surface area contributed by atoms with Gasteiger partial charge in [0.05, 0.1) is 13.1 Å². The Morgan fingerprint density at radius 2 is 1.60 bits per heavy atom. The molecule has 17 heteroatoms. The van der Waals surface area contributed by atoms with Crippen LogP contribution in [0.3, 0.4) is 0 Å².